The van der Waals surface area contributed by atoms with Crippen molar-refractivity contribution in [2.24, 2.45) is 10.7 Å². The Morgan fingerprint density at radius 2 is 2.12 bits per heavy atom. The fourth-order valence-corrected chi connectivity index (χ4v) is 1.33. The molecule has 0 aliphatic carbocycles. The van der Waals surface area contributed by atoms with Crippen molar-refractivity contribution < 1.29 is 4.42 Å². The molecule has 2 rings (SSSR count). The summed E-state index contributed by atoms with van der Waals surface area (Å²) in [5.41, 5.74) is 6.74. The van der Waals surface area contributed by atoms with Gasteiger partial charge in [0, 0.05) is 5.56 Å². The smallest absolute Gasteiger partial charge is 0.216 e. The molecule has 82 valence electrons. The number of hydrogen-bond acceptors (Lipinski definition) is 3. The van der Waals surface area contributed by atoms with Crippen molar-refractivity contribution in [3.63, 3.8) is 0 Å². The van der Waals surface area contributed by atoms with E-state index >= 15 is 0 Å². The minimum absolute atomic E-state index is 0.370. The van der Waals surface area contributed by atoms with Gasteiger partial charge in [-0.05, 0) is 6.92 Å². The molecule has 0 aliphatic heterocycles. The molecule has 4 nitrogen and oxygen atoms in total. The fraction of sp³-hybridized carbons (Fsp3) is 0.167. The number of aryl methyl sites for hydroxylation is 1. The van der Waals surface area contributed by atoms with E-state index in [9.17, 15) is 0 Å². The van der Waals surface area contributed by atoms with Crippen LogP contribution in [0, 0.1) is 6.92 Å². The summed E-state index contributed by atoms with van der Waals surface area (Å²) in [7, 11) is 0. The van der Waals surface area contributed by atoms with Gasteiger partial charge in [0.15, 0.2) is 0 Å². The van der Waals surface area contributed by atoms with E-state index in [2.05, 4.69) is 9.98 Å². The lowest BCUT2D eigenvalue weighted by molar-refractivity contribution is 0.474. The van der Waals surface area contributed by atoms with Gasteiger partial charge in [-0.2, -0.15) is 0 Å². The molecule has 0 atom stereocenters. The van der Waals surface area contributed by atoms with Crippen molar-refractivity contribution in [2.75, 3.05) is 0 Å². The van der Waals surface area contributed by atoms with Crippen molar-refractivity contribution >= 4 is 5.84 Å². The Kier molecular flexibility index (Phi) is 3.00. The third-order valence-electron chi connectivity index (χ3n) is 2.12. The second-order valence-corrected chi connectivity index (χ2v) is 3.43. The summed E-state index contributed by atoms with van der Waals surface area (Å²) in [6.07, 6.45) is 1.67. The van der Waals surface area contributed by atoms with Gasteiger partial charge in [-0.3, -0.25) is 4.99 Å². The summed E-state index contributed by atoms with van der Waals surface area (Å²) in [4.78, 5) is 8.27. The normalized spacial score (nSPS) is 11.7. The zero-order valence-corrected chi connectivity index (χ0v) is 9.05. The van der Waals surface area contributed by atoms with Crippen LogP contribution in [0.2, 0.25) is 0 Å². The maximum absolute atomic E-state index is 5.83. The van der Waals surface area contributed by atoms with Crippen molar-refractivity contribution in [2.45, 2.75) is 13.5 Å². The summed E-state index contributed by atoms with van der Waals surface area (Å²) in [6, 6.07) is 9.62. The first-order valence-electron chi connectivity index (χ1n) is 5.02. The van der Waals surface area contributed by atoms with E-state index in [0.717, 1.165) is 11.3 Å². The number of rotatable bonds is 3. The lowest BCUT2D eigenvalue weighted by Gasteiger charge is -1.98. The topological polar surface area (TPSA) is 64.4 Å². The zero-order valence-electron chi connectivity index (χ0n) is 9.05. The van der Waals surface area contributed by atoms with Crippen LogP contribution in [0.25, 0.3) is 0 Å². The van der Waals surface area contributed by atoms with Crippen LogP contribution >= 0.6 is 0 Å². The van der Waals surface area contributed by atoms with Gasteiger partial charge in [0.05, 0.1) is 6.20 Å². The number of benzene rings is 1. The second-order valence-electron chi connectivity index (χ2n) is 3.43. The molecule has 2 aromatic rings. The Morgan fingerprint density at radius 1 is 1.38 bits per heavy atom. The van der Waals surface area contributed by atoms with Crippen LogP contribution in [-0.4, -0.2) is 10.8 Å². The van der Waals surface area contributed by atoms with Crippen LogP contribution in [0.5, 0.6) is 0 Å². The Balaban J connectivity index is 2.08. The zero-order chi connectivity index (χ0) is 11.4. The van der Waals surface area contributed by atoms with Crippen LogP contribution in [0.1, 0.15) is 17.2 Å². The number of oxazole rings is 1. The van der Waals surface area contributed by atoms with E-state index in [0.29, 0.717) is 18.3 Å². The van der Waals surface area contributed by atoms with Crippen LogP contribution in [0.15, 0.2) is 45.9 Å². The van der Waals surface area contributed by atoms with E-state index in [1.807, 2.05) is 37.3 Å². The van der Waals surface area contributed by atoms with Crippen molar-refractivity contribution in [1.82, 2.24) is 4.98 Å². The molecule has 0 amide bonds. The molecule has 0 spiro atoms. The molecular weight excluding hydrogens is 202 g/mol. The minimum Gasteiger partial charge on any atom is -0.444 e. The van der Waals surface area contributed by atoms with Crippen molar-refractivity contribution in [3.8, 4) is 0 Å². The summed E-state index contributed by atoms with van der Waals surface area (Å²) in [6.45, 7) is 2.22. The number of nitrogens with two attached hydrogens (primary N) is 1. The number of hydrogen-bond donors (Lipinski definition) is 1. The van der Waals surface area contributed by atoms with Crippen LogP contribution in [0.4, 0.5) is 0 Å². The third kappa shape index (κ3) is 2.48. The Labute approximate surface area is 93.8 Å². The minimum atomic E-state index is 0.370. The molecule has 1 aromatic carbocycles. The second kappa shape index (κ2) is 4.61. The van der Waals surface area contributed by atoms with Gasteiger partial charge >= 0.3 is 0 Å². The first-order chi connectivity index (χ1) is 7.75. The van der Waals surface area contributed by atoms with Gasteiger partial charge in [0.2, 0.25) is 5.89 Å². The van der Waals surface area contributed by atoms with E-state index < -0.39 is 0 Å². The first kappa shape index (κ1) is 10.4. The lowest BCUT2D eigenvalue weighted by atomic mass is 10.2. The van der Waals surface area contributed by atoms with E-state index in [-0.39, 0.29) is 0 Å². The number of nitrogens with zero attached hydrogens (tertiary/aromatic N) is 2. The van der Waals surface area contributed by atoms with E-state index in [4.69, 9.17) is 10.2 Å². The van der Waals surface area contributed by atoms with Crippen LogP contribution in [-0.2, 0) is 6.54 Å². The fourth-order valence-electron chi connectivity index (χ4n) is 1.33. The highest BCUT2D eigenvalue weighted by Crippen LogP contribution is 2.04. The molecule has 1 aromatic heterocycles. The average Bonchev–Trinajstić information content (AvgIpc) is 2.73. The summed E-state index contributed by atoms with van der Waals surface area (Å²) < 4.78 is 5.30. The monoisotopic (exact) mass is 215 g/mol. The van der Waals surface area contributed by atoms with Gasteiger partial charge < -0.3 is 10.2 Å². The van der Waals surface area contributed by atoms with Gasteiger partial charge in [-0.1, -0.05) is 30.3 Å². The number of aromatic nitrogens is 1. The molecule has 0 saturated heterocycles. The maximum Gasteiger partial charge on any atom is 0.216 e. The number of aliphatic imine (C=N–C) groups is 1. The van der Waals surface area contributed by atoms with Gasteiger partial charge in [-0.15, -0.1) is 0 Å². The molecule has 0 saturated carbocycles. The summed E-state index contributed by atoms with van der Waals surface area (Å²) >= 11 is 0. The predicted octanol–water partition coefficient (Wildman–Crippen LogP) is 1.89. The Morgan fingerprint density at radius 3 is 2.75 bits per heavy atom. The molecule has 0 aliphatic rings. The first-order valence-corrected chi connectivity index (χ1v) is 5.02. The quantitative estimate of drug-likeness (QED) is 0.628. The molecule has 0 unspecified atom stereocenters. The largest absolute Gasteiger partial charge is 0.444 e. The van der Waals surface area contributed by atoms with Crippen molar-refractivity contribution in [3.05, 3.63) is 53.7 Å². The molecule has 0 radical (unpaired) electrons. The Bertz CT molecular complexity index is 488. The van der Waals surface area contributed by atoms with Crippen LogP contribution < -0.4 is 5.73 Å². The van der Waals surface area contributed by atoms with E-state index in [1.165, 1.54) is 0 Å². The van der Waals surface area contributed by atoms with Crippen molar-refractivity contribution in [1.29, 1.82) is 0 Å². The average molecular weight is 215 g/mol. The number of amidine groups is 1. The molecule has 0 bridgehead atoms. The summed E-state index contributed by atoms with van der Waals surface area (Å²) in [5.74, 6) is 1.86. The summed E-state index contributed by atoms with van der Waals surface area (Å²) in [5, 5.41) is 0. The molecule has 2 N–H and O–H groups in total. The third-order valence-corrected chi connectivity index (χ3v) is 2.12. The highest BCUT2D eigenvalue weighted by Gasteiger charge is 2.00. The van der Waals surface area contributed by atoms with E-state index in [1.54, 1.807) is 6.20 Å². The standard InChI is InChI=1S/C12H13N3O/c1-9-7-14-11(16-9)8-15-12(13)10-5-3-2-4-6-10/h2-7H,8H2,1H3,(H2,13,15). The van der Waals surface area contributed by atoms with Gasteiger partial charge in [0.25, 0.3) is 0 Å². The molecular formula is C12H13N3O. The highest BCUT2D eigenvalue weighted by molar-refractivity contribution is 5.97. The molecule has 1 heterocycles. The SMILES string of the molecule is Cc1cnc(CN=C(N)c2ccccc2)o1. The Hall–Kier alpha value is -2.10. The lowest BCUT2D eigenvalue weighted by Crippen LogP contribution is -2.13. The highest BCUT2D eigenvalue weighted by atomic mass is 16.4. The van der Waals surface area contributed by atoms with Gasteiger partial charge in [0.1, 0.15) is 18.1 Å². The molecule has 4 heteroatoms. The van der Waals surface area contributed by atoms with Crippen LogP contribution in [0.3, 0.4) is 0 Å². The molecule has 16 heavy (non-hydrogen) atoms. The molecule has 0 fully saturated rings. The maximum atomic E-state index is 5.83. The van der Waals surface area contributed by atoms with Gasteiger partial charge in [-0.25, -0.2) is 4.98 Å². The predicted molar refractivity (Wildman–Crippen MR) is 62.1 cm³/mol.